The van der Waals surface area contributed by atoms with E-state index < -0.39 is 11.0 Å². The summed E-state index contributed by atoms with van der Waals surface area (Å²) in [6.07, 6.45) is 7.26. The van der Waals surface area contributed by atoms with Crippen LogP contribution < -0.4 is 20.3 Å². The zero-order chi connectivity index (χ0) is 27.9. The Morgan fingerprint density at radius 3 is 2.36 bits per heavy atom. The Hall–Kier alpha value is -2.13. The Morgan fingerprint density at radius 2 is 1.74 bits per heavy atom. The van der Waals surface area contributed by atoms with Gasteiger partial charge in [0.25, 0.3) is 0 Å². The number of nitrogens with one attached hydrogen (secondary N) is 2. The summed E-state index contributed by atoms with van der Waals surface area (Å²) in [5.74, 6) is 0.752. The van der Waals surface area contributed by atoms with E-state index in [2.05, 4.69) is 33.7 Å². The van der Waals surface area contributed by atoms with Gasteiger partial charge in [0.1, 0.15) is 16.7 Å². The molecule has 9 heteroatoms. The van der Waals surface area contributed by atoms with Gasteiger partial charge in [-0.1, -0.05) is 30.5 Å². The SMILES string of the molecule is COc1cc(C)c(S(=O)N(C)CCC(=O)NC2CCN(c3ccc(CNC4CCCC4)cc3Cl)CC2)c(C)c1. The molecule has 2 aromatic carbocycles. The van der Waals surface area contributed by atoms with Crippen molar-refractivity contribution in [3.63, 3.8) is 0 Å². The summed E-state index contributed by atoms with van der Waals surface area (Å²) in [5, 5.41) is 7.63. The number of hydrogen-bond acceptors (Lipinski definition) is 5. The lowest BCUT2D eigenvalue weighted by atomic mass is 10.0. The molecule has 214 valence electrons. The van der Waals surface area contributed by atoms with Crippen molar-refractivity contribution in [1.82, 2.24) is 14.9 Å². The van der Waals surface area contributed by atoms with Crippen LogP contribution in [0.2, 0.25) is 5.02 Å². The molecule has 0 aromatic heterocycles. The lowest BCUT2D eigenvalue weighted by Crippen LogP contribution is -2.45. The van der Waals surface area contributed by atoms with Crippen molar-refractivity contribution in [3.8, 4) is 5.75 Å². The number of piperidine rings is 1. The number of amides is 1. The quantitative estimate of drug-likeness (QED) is 0.389. The largest absolute Gasteiger partial charge is 0.497 e. The molecule has 39 heavy (non-hydrogen) atoms. The van der Waals surface area contributed by atoms with E-state index in [1.165, 1.54) is 31.2 Å². The highest BCUT2D eigenvalue weighted by Gasteiger charge is 2.23. The second kappa shape index (κ2) is 14.0. The van der Waals surface area contributed by atoms with Crippen molar-refractivity contribution in [2.24, 2.45) is 0 Å². The summed E-state index contributed by atoms with van der Waals surface area (Å²) in [6.45, 7) is 6.85. The minimum Gasteiger partial charge on any atom is -0.497 e. The predicted molar refractivity (Wildman–Crippen MR) is 160 cm³/mol. The molecular weight excluding hydrogens is 532 g/mol. The van der Waals surface area contributed by atoms with Gasteiger partial charge in [0, 0.05) is 51.7 Å². The summed E-state index contributed by atoms with van der Waals surface area (Å²) >= 11 is 6.68. The topological polar surface area (TPSA) is 73.9 Å². The Labute approximate surface area is 241 Å². The van der Waals surface area contributed by atoms with E-state index in [4.69, 9.17) is 16.3 Å². The molecule has 1 amide bonds. The van der Waals surface area contributed by atoms with Gasteiger partial charge >= 0.3 is 0 Å². The maximum absolute atomic E-state index is 13.1. The lowest BCUT2D eigenvalue weighted by molar-refractivity contribution is -0.122. The second-order valence-electron chi connectivity index (χ2n) is 10.9. The van der Waals surface area contributed by atoms with Crippen molar-refractivity contribution in [3.05, 3.63) is 52.0 Å². The van der Waals surface area contributed by atoms with Crippen LogP contribution in [0.5, 0.6) is 5.75 Å². The van der Waals surface area contributed by atoms with E-state index in [1.54, 1.807) is 18.5 Å². The third kappa shape index (κ3) is 7.97. The first-order chi connectivity index (χ1) is 18.7. The minimum absolute atomic E-state index is 0.00220. The van der Waals surface area contributed by atoms with E-state index in [9.17, 15) is 9.00 Å². The van der Waals surface area contributed by atoms with Gasteiger partial charge < -0.3 is 20.3 Å². The highest BCUT2D eigenvalue weighted by atomic mass is 35.5. The molecular formula is C30H43ClN4O3S. The van der Waals surface area contributed by atoms with Crippen molar-refractivity contribution in [2.75, 3.05) is 38.7 Å². The zero-order valence-corrected chi connectivity index (χ0v) is 25.3. The first-order valence-corrected chi connectivity index (χ1v) is 15.6. The van der Waals surface area contributed by atoms with Crippen LogP contribution in [0.1, 0.15) is 61.6 Å². The van der Waals surface area contributed by atoms with Crippen LogP contribution in [0.25, 0.3) is 0 Å². The van der Waals surface area contributed by atoms with Crippen molar-refractivity contribution >= 4 is 34.2 Å². The molecule has 2 fully saturated rings. The molecule has 1 heterocycles. The van der Waals surface area contributed by atoms with Crippen LogP contribution in [0, 0.1) is 13.8 Å². The summed E-state index contributed by atoms with van der Waals surface area (Å²) < 4.78 is 20.2. The molecule has 0 radical (unpaired) electrons. The third-order valence-corrected chi connectivity index (χ3v) is 9.99. The van der Waals surface area contributed by atoms with E-state index >= 15 is 0 Å². The number of carbonyl (C=O) groups is 1. The summed E-state index contributed by atoms with van der Waals surface area (Å²) in [7, 11) is 2.08. The molecule has 2 aliphatic rings. The van der Waals surface area contributed by atoms with Crippen molar-refractivity contribution < 1.29 is 13.7 Å². The first kappa shape index (κ1) is 29.8. The molecule has 7 nitrogen and oxygen atoms in total. The average molecular weight is 575 g/mol. The fraction of sp³-hybridized carbons (Fsp3) is 0.567. The average Bonchev–Trinajstić information content (AvgIpc) is 3.44. The standard InChI is InChI=1S/C30H43ClN4O3S/c1-21-17-26(38-4)18-22(2)30(21)39(37)34(3)14-13-29(36)33-25-11-15-35(16-12-25)28-10-9-23(19-27(28)31)20-32-24-7-5-6-8-24/h9-10,17-19,24-25,32H,5-8,11-16,20H2,1-4H3,(H,33,36). The third-order valence-electron chi connectivity index (χ3n) is 7.94. The number of anilines is 1. The Kier molecular flexibility index (Phi) is 10.7. The summed E-state index contributed by atoms with van der Waals surface area (Å²) in [6, 6.07) is 11.0. The van der Waals surface area contributed by atoms with Gasteiger partial charge in [-0.15, -0.1) is 0 Å². The van der Waals surface area contributed by atoms with Gasteiger partial charge in [0.05, 0.1) is 22.7 Å². The van der Waals surface area contributed by atoms with Gasteiger partial charge in [-0.25, -0.2) is 8.51 Å². The van der Waals surface area contributed by atoms with Crippen LogP contribution in [-0.2, 0) is 22.3 Å². The minimum atomic E-state index is -1.34. The molecule has 1 aliphatic heterocycles. The number of halogens is 1. The molecule has 2 aromatic rings. The molecule has 0 spiro atoms. The van der Waals surface area contributed by atoms with E-state index in [-0.39, 0.29) is 11.9 Å². The number of methoxy groups -OCH3 is 1. The number of aryl methyl sites for hydroxylation is 2. The van der Waals surface area contributed by atoms with Crippen molar-refractivity contribution in [1.29, 1.82) is 0 Å². The fourth-order valence-corrected chi connectivity index (χ4v) is 7.24. The van der Waals surface area contributed by atoms with Crippen molar-refractivity contribution in [2.45, 2.75) is 82.3 Å². The van der Waals surface area contributed by atoms with Gasteiger partial charge in [-0.3, -0.25) is 4.79 Å². The molecule has 4 rings (SSSR count). The van der Waals surface area contributed by atoms with Gasteiger partial charge in [0.2, 0.25) is 5.91 Å². The molecule has 2 N–H and O–H groups in total. The van der Waals surface area contributed by atoms with E-state index in [0.717, 1.165) is 65.0 Å². The molecule has 1 unspecified atom stereocenters. The first-order valence-electron chi connectivity index (χ1n) is 14.1. The molecule has 0 bridgehead atoms. The van der Waals surface area contributed by atoms with E-state index in [1.807, 2.05) is 26.0 Å². The van der Waals surface area contributed by atoms with Crippen LogP contribution in [0.15, 0.2) is 35.2 Å². The lowest BCUT2D eigenvalue weighted by Gasteiger charge is -2.34. The highest BCUT2D eigenvalue weighted by molar-refractivity contribution is 7.82. The number of hydrogen-bond donors (Lipinski definition) is 2. The molecule has 1 saturated carbocycles. The molecule has 1 saturated heterocycles. The number of carbonyl (C=O) groups excluding carboxylic acids is 1. The molecule has 1 aliphatic carbocycles. The second-order valence-corrected chi connectivity index (χ2v) is 12.9. The van der Waals surface area contributed by atoms with Crippen LogP contribution in [-0.4, -0.2) is 60.3 Å². The monoisotopic (exact) mass is 574 g/mol. The number of rotatable bonds is 11. The Bertz CT molecular complexity index is 1140. The van der Waals surface area contributed by atoms with Gasteiger partial charge in [-0.05, 0) is 80.5 Å². The highest BCUT2D eigenvalue weighted by Crippen LogP contribution is 2.30. The maximum Gasteiger partial charge on any atom is 0.221 e. The maximum atomic E-state index is 13.1. The van der Waals surface area contributed by atoms with E-state index in [0.29, 0.717) is 19.0 Å². The fourth-order valence-electron chi connectivity index (χ4n) is 5.68. The summed E-state index contributed by atoms with van der Waals surface area (Å²) in [5.41, 5.74) is 4.13. The summed E-state index contributed by atoms with van der Waals surface area (Å²) in [4.78, 5) is 15.8. The van der Waals surface area contributed by atoms with Crippen LogP contribution in [0.4, 0.5) is 5.69 Å². The van der Waals surface area contributed by atoms with Gasteiger partial charge in [-0.2, -0.15) is 0 Å². The normalized spacial score (nSPS) is 17.5. The zero-order valence-electron chi connectivity index (χ0n) is 23.7. The predicted octanol–water partition coefficient (Wildman–Crippen LogP) is 5.13. The Balaban J connectivity index is 1.21. The number of ether oxygens (including phenoxy) is 1. The number of nitrogens with zero attached hydrogens (tertiary/aromatic N) is 2. The molecule has 1 atom stereocenters. The van der Waals surface area contributed by atoms with Gasteiger partial charge in [0.15, 0.2) is 0 Å². The van der Waals surface area contributed by atoms with Crippen LogP contribution >= 0.6 is 11.6 Å². The van der Waals surface area contributed by atoms with Crippen LogP contribution in [0.3, 0.4) is 0 Å². The Morgan fingerprint density at radius 1 is 1.08 bits per heavy atom. The smallest absolute Gasteiger partial charge is 0.221 e. The number of benzene rings is 2.